The van der Waals surface area contributed by atoms with Crippen LogP contribution in [0.5, 0.6) is 0 Å². The largest absolute Gasteiger partial charge is 0.354 e. The topological polar surface area (TPSA) is 55.9 Å². The van der Waals surface area contributed by atoms with Crippen molar-refractivity contribution in [3.63, 3.8) is 0 Å². The van der Waals surface area contributed by atoms with Gasteiger partial charge in [0.25, 0.3) is 0 Å². The normalized spacial score (nSPS) is 23.3. The van der Waals surface area contributed by atoms with Crippen LogP contribution < -0.4 is 5.32 Å². The molecule has 1 aromatic rings. The Morgan fingerprint density at radius 1 is 0.967 bits per heavy atom. The van der Waals surface area contributed by atoms with Crippen molar-refractivity contribution in [2.45, 2.75) is 25.2 Å². The summed E-state index contributed by atoms with van der Waals surface area (Å²) in [5.74, 6) is 2.41. The van der Waals surface area contributed by atoms with Crippen LogP contribution in [0.15, 0.2) is 35.2 Å². The molecule has 6 nitrogen and oxygen atoms in total. The van der Waals surface area contributed by atoms with E-state index in [1.54, 1.807) is 11.8 Å². The molecule has 2 amide bonds. The SMILES string of the molecule is CC1CC(C)CN(C(=O)CN2CCN(CC(=O)NCCSc3ccccc3)CC2)C1. The number of carbonyl (C=O) groups is 2. The lowest BCUT2D eigenvalue weighted by molar-refractivity contribution is -0.135. The number of piperidine rings is 1. The standard InChI is InChI=1S/C23H36N4O2S/c1-19-14-20(2)16-27(15-19)23(29)18-26-11-9-25(10-12-26)17-22(28)24-8-13-30-21-6-4-3-5-7-21/h3-7,19-20H,8-18H2,1-2H3,(H,24,28). The highest BCUT2D eigenvalue weighted by Crippen LogP contribution is 2.21. The summed E-state index contributed by atoms with van der Waals surface area (Å²) in [6, 6.07) is 10.2. The molecule has 2 saturated heterocycles. The highest BCUT2D eigenvalue weighted by atomic mass is 32.2. The number of likely N-dealkylation sites (tertiary alicyclic amines) is 1. The van der Waals surface area contributed by atoms with E-state index in [0.29, 0.717) is 31.5 Å². The van der Waals surface area contributed by atoms with Crippen LogP contribution >= 0.6 is 11.8 Å². The van der Waals surface area contributed by atoms with Crippen molar-refractivity contribution in [1.82, 2.24) is 20.0 Å². The number of thioether (sulfide) groups is 1. The van der Waals surface area contributed by atoms with Crippen LogP contribution in [-0.2, 0) is 9.59 Å². The molecule has 0 radical (unpaired) electrons. The van der Waals surface area contributed by atoms with Crippen LogP contribution in [0.4, 0.5) is 0 Å². The molecule has 0 spiro atoms. The molecule has 166 valence electrons. The van der Waals surface area contributed by atoms with Gasteiger partial charge in [0.2, 0.25) is 11.8 Å². The molecule has 2 unspecified atom stereocenters. The van der Waals surface area contributed by atoms with Gasteiger partial charge in [0.15, 0.2) is 0 Å². The number of hydrogen-bond donors (Lipinski definition) is 1. The maximum Gasteiger partial charge on any atom is 0.236 e. The second-order valence-corrected chi connectivity index (χ2v) is 9.98. The molecule has 2 aliphatic heterocycles. The second-order valence-electron chi connectivity index (χ2n) is 8.81. The Balaban J connectivity index is 1.28. The van der Waals surface area contributed by atoms with Crippen molar-refractivity contribution in [3.8, 4) is 0 Å². The molecular formula is C23H36N4O2S. The summed E-state index contributed by atoms with van der Waals surface area (Å²) in [4.78, 5) is 32.6. The van der Waals surface area contributed by atoms with E-state index in [0.717, 1.165) is 45.0 Å². The van der Waals surface area contributed by atoms with Crippen LogP contribution in [-0.4, -0.2) is 91.2 Å². The summed E-state index contributed by atoms with van der Waals surface area (Å²) in [6.45, 7) is 11.3. The van der Waals surface area contributed by atoms with E-state index in [1.165, 1.54) is 11.3 Å². The first-order valence-corrected chi connectivity index (χ1v) is 12.1. The van der Waals surface area contributed by atoms with E-state index in [1.807, 2.05) is 23.1 Å². The summed E-state index contributed by atoms with van der Waals surface area (Å²) in [7, 11) is 0. The van der Waals surface area contributed by atoms with Crippen molar-refractivity contribution in [2.24, 2.45) is 11.8 Å². The maximum absolute atomic E-state index is 12.7. The molecule has 2 heterocycles. The molecule has 3 rings (SSSR count). The summed E-state index contributed by atoms with van der Waals surface area (Å²) in [5, 5.41) is 3.02. The summed E-state index contributed by atoms with van der Waals surface area (Å²) in [6.07, 6.45) is 1.22. The number of rotatable bonds is 8. The van der Waals surface area contributed by atoms with E-state index in [-0.39, 0.29) is 11.8 Å². The van der Waals surface area contributed by atoms with Gasteiger partial charge in [-0.2, -0.15) is 0 Å². The van der Waals surface area contributed by atoms with Crippen LogP contribution in [0.1, 0.15) is 20.3 Å². The first-order chi connectivity index (χ1) is 14.5. The van der Waals surface area contributed by atoms with Crippen LogP contribution in [0, 0.1) is 11.8 Å². The minimum atomic E-state index is 0.0875. The van der Waals surface area contributed by atoms with Gasteiger partial charge in [-0.3, -0.25) is 19.4 Å². The molecule has 1 aromatic carbocycles. The molecule has 0 aliphatic carbocycles. The smallest absolute Gasteiger partial charge is 0.236 e. The quantitative estimate of drug-likeness (QED) is 0.503. The number of nitrogens with zero attached hydrogens (tertiary/aromatic N) is 3. The van der Waals surface area contributed by atoms with Gasteiger partial charge in [-0.15, -0.1) is 11.8 Å². The summed E-state index contributed by atoms with van der Waals surface area (Å²) < 4.78 is 0. The molecule has 2 fully saturated rings. The van der Waals surface area contributed by atoms with Gasteiger partial charge in [-0.25, -0.2) is 0 Å². The van der Waals surface area contributed by atoms with Crippen LogP contribution in [0.2, 0.25) is 0 Å². The number of nitrogens with one attached hydrogen (secondary N) is 1. The number of hydrogen-bond acceptors (Lipinski definition) is 5. The number of carbonyl (C=O) groups excluding carboxylic acids is 2. The molecule has 0 aromatic heterocycles. The Hall–Kier alpha value is -1.57. The minimum absolute atomic E-state index is 0.0875. The van der Waals surface area contributed by atoms with E-state index in [4.69, 9.17) is 0 Å². The third kappa shape index (κ3) is 7.60. The highest BCUT2D eigenvalue weighted by Gasteiger charge is 2.27. The summed E-state index contributed by atoms with van der Waals surface area (Å²) >= 11 is 1.76. The third-order valence-corrected chi connectivity index (χ3v) is 6.86. The highest BCUT2D eigenvalue weighted by molar-refractivity contribution is 7.99. The van der Waals surface area contributed by atoms with Gasteiger partial charge >= 0.3 is 0 Å². The molecular weight excluding hydrogens is 396 g/mol. The van der Waals surface area contributed by atoms with Crippen LogP contribution in [0.25, 0.3) is 0 Å². The molecule has 1 N–H and O–H groups in total. The Bertz CT molecular complexity index is 669. The first kappa shape index (κ1) is 23.1. The predicted octanol–water partition coefficient (Wildman–Crippen LogP) is 2.02. The van der Waals surface area contributed by atoms with Gasteiger partial charge in [-0.05, 0) is 30.4 Å². The number of piperazine rings is 1. The lowest BCUT2D eigenvalue weighted by atomic mass is 9.92. The zero-order valence-corrected chi connectivity index (χ0v) is 19.2. The lowest BCUT2D eigenvalue weighted by Crippen LogP contribution is -2.53. The van der Waals surface area contributed by atoms with Crippen molar-refractivity contribution in [2.75, 3.05) is 64.7 Å². The molecule has 2 aliphatic rings. The van der Waals surface area contributed by atoms with E-state index >= 15 is 0 Å². The Morgan fingerprint density at radius 2 is 1.57 bits per heavy atom. The first-order valence-electron chi connectivity index (χ1n) is 11.2. The fraction of sp³-hybridized carbons (Fsp3) is 0.652. The molecule has 7 heteroatoms. The predicted molar refractivity (Wildman–Crippen MR) is 123 cm³/mol. The maximum atomic E-state index is 12.7. The van der Waals surface area contributed by atoms with Crippen LogP contribution in [0.3, 0.4) is 0 Å². The second kappa shape index (κ2) is 11.7. The van der Waals surface area contributed by atoms with Gasteiger partial charge < -0.3 is 10.2 Å². The van der Waals surface area contributed by atoms with Gasteiger partial charge in [0, 0.05) is 56.5 Å². The number of amides is 2. The zero-order chi connectivity index (χ0) is 21.3. The van der Waals surface area contributed by atoms with E-state index < -0.39 is 0 Å². The summed E-state index contributed by atoms with van der Waals surface area (Å²) in [5.41, 5.74) is 0. The third-order valence-electron chi connectivity index (χ3n) is 5.85. The number of benzene rings is 1. The van der Waals surface area contributed by atoms with Gasteiger partial charge in [0.1, 0.15) is 0 Å². The van der Waals surface area contributed by atoms with Crippen molar-refractivity contribution < 1.29 is 9.59 Å². The molecule has 30 heavy (non-hydrogen) atoms. The van der Waals surface area contributed by atoms with E-state index in [9.17, 15) is 9.59 Å². The van der Waals surface area contributed by atoms with E-state index in [2.05, 4.69) is 41.1 Å². The average molecular weight is 433 g/mol. The fourth-order valence-corrected chi connectivity index (χ4v) is 5.19. The van der Waals surface area contributed by atoms with Crippen molar-refractivity contribution in [1.29, 1.82) is 0 Å². The van der Waals surface area contributed by atoms with Gasteiger partial charge in [0.05, 0.1) is 13.1 Å². The fourth-order valence-electron chi connectivity index (χ4n) is 4.40. The Labute approximate surface area is 185 Å². The zero-order valence-electron chi connectivity index (χ0n) is 18.4. The minimum Gasteiger partial charge on any atom is -0.354 e. The average Bonchev–Trinajstić information content (AvgIpc) is 2.73. The van der Waals surface area contributed by atoms with Crippen molar-refractivity contribution >= 4 is 23.6 Å². The molecule has 0 bridgehead atoms. The molecule has 0 saturated carbocycles. The molecule has 2 atom stereocenters. The lowest BCUT2D eigenvalue weighted by Gasteiger charge is -2.38. The monoisotopic (exact) mass is 432 g/mol. The van der Waals surface area contributed by atoms with Gasteiger partial charge in [-0.1, -0.05) is 32.0 Å². The van der Waals surface area contributed by atoms with Crippen molar-refractivity contribution in [3.05, 3.63) is 30.3 Å². The Kier molecular flexibility index (Phi) is 9.03. The Morgan fingerprint density at radius 3 is 2.20 bits per heavy atom.